The number of nitriles is 1. The van der Waals surface area contributed by atoms with Gasteiger partial charge in [-0.25, -0.2) is 0 Å². The molecule has 0 bridgehead atoms. The molecule has 0 atom stereocenters. The molecular weight excluding hydrogens is 240 g/mol. The van der Waals surface area contributed by atoms with Crippen LogP contribution >= 0.6 is 0 Å². The van der Waals surface area contributed by atoms with Crippen LogP contribution in [0.1, 0.15) is 27.9 Å². The van der Waals surface area contributed by atoms with Crippen LogP contribution in [-0.4, -0.2) is 37.6 Å². The van der Waals surface area contributed by atoms with E-state index < -0.39 is 0 Å². The minimum absolute atomic E-state index is 0.0338. The summed E-state index contributed by atoms with van der Waals surface area (Å²) in [6.45, 7) is 5.30. The van der Waals surface area contributed by atoms with Gasteiger partial charge in [0.2, 0.25) is 0 Å². The minimum Gasteiger partial charge on any atom is -0.383 e. The third-order valence-corrected chi connectivity index (χ3v) is 2.97. The summed E-state index contributed by atoms with van der Waals surface area (Å²) in [5.41, 5.74) is 2.71. The third kappa shape index (κ3) is 4.38. The number of hydrogen-bond acceptors (Lipinski definition) is 3. The first-order chi connectivity index (χ1) is 9.10. The first-order valence-corrected chi connectivity index (χ1v) is 6.32. The molecule has 4 heteroatoms. The molecular formula is C15H20N2O2. The molecule has 1 amide bonds. The molecule has 0 aliphatic rings. The molecule has 4 nitrogen and oxygen atoms in total. The molecule has 0 aliphatic heterocycles. The SMILES string of the molecule is COCCN(CCC#N)C(=O)c1cc(C)ccc1C. The van der Waals surface area contributed by atoms with Gasteiger partial charge in [0.25, 0.3) is 5.91 Å². The van der Waals surface area contributed by atoms with Crippen LogP contribution in [0.15, 0.2) is 18.2 Å². The molecule has 1 aromatic rings. The van der Waals surface area contributed by atoms with Crippen LogP contribution in [0.2, 0.25) is 0 Å². The summed E-state index contributed by atoms with van der Waals surface area (Å²) in [4.78, 5) is 14.2. The van der Waals surface area contributed by atoms with E-state index in [-0.39, 0.29) is 5.91 Å². The van der Waals surface area contributed by atoms with E-state index in [1.165, 1.54) is 0 Å². The highest BCUT2D eigenvalue weighted by molar-refractivity contribution is 5.95. The molecule has 0 spiro atoms. The molecule has 19 heavy (non-hydrogen) atoms. The Kier molecular flexibility index (Phi) is 6.04. The predicted octanol–water partition coefficient (Wildman–Crippen LogP) is 2.31. The number of methoxy groups -OCH3 is 1. The number of ether oxygens (including phenoxy) is 1. The molecule has 0 saturated heterocycles. The van der Waals surface area contributed by atoms with Gasteiger partial charge >= 0.3 is 0 Å². The number of rotatable bonds is 6. The number of nitrogens with zero attached hydrogens (tertiary/aromatic N) is 2. The van der Waals surface area contributed by atoms with E-state index >= 15 is 0 Å². The maximum absolute atomic E-state index is 12.5. The topological polar surface area (TPSA) is 53.3 Å². The second-order valence-electron chi connectivity index (χ2n) is 4.51. The smallest absolute Gasteiger partial charge is 0.254 e. The quantitative estimate of drug-likeness (QED) is 0.788. The van der Waals surface area contributed by atoms with Crippen LogP contribution in [0.3, 0.4) is 0 Å². The lowest BCUT2D eigenvalue weighted by molar-refractivity contribution is 0.0699. The van der Waals surface area contributed by atoms with Crippen molar-refractivity contribution in [2.75, 3.05) is 26.8 Å². The molecule has 0 fully saturated rings. The Morgan fingerprint density at radius 2 is 2.11 bits per heavy atom. The average molecular weight is 260 g/mol. The van der Waals surface area contributed by atoms with Gasteiger partial charge in [-0.2, -0.15) is 5.26 Å². The van der Waals surface area contributed by atoms with Crippen LogP contribution in [0.5, 0.6) is 0 Å². The van der Waals surface area contributed by atoms with Crippen molar-refractivity contribution >= 4 is 5.91 Å². The highest BCUT2D eigenvalue weighted by atomic mass is 16.5. The summed E-state index contributed by atoms with van der Waals surface area (Å²) >= 11 is 0. The van der Waals surface area contributed by atoms with Gasteiger partial charge in [0, 0.05) is 25.8 Å². The van der Waals surface area contributed by atoms with Crippen molar-refractivity contribution in [3.63, 3.8) is 0 Å². The summed E-state index contributed by atoms with van der Waals surface area (Å²) in [7, 11) is 1.60. The number of hydrogen-bond donors (Lipinski definition) is 0. The lowest BCUT2D eigenvalue weighted by Crippen LogP contribution is -2.35. The standard InChI is InChI=1S/C15H20N2O2/c1-12-5-6-13(2)14(11-12)15(18)17(8-4-7-16)9-10-19-3/h5-6,11H,4,8-10H2,1-3H3. The van der Waals surface area contributed by atoms with Gasteiger partial charge in [0.15, 0.2) is 0 Å². The van der Waals surface area contributed by atoms with E-state index in [1.54, 1.807) is 12.0 Å². The van der Waals surface area contributed by atoms with E-state index in [1.807, 2.05) is 32.0 Å². The summed E-state index contributed by atoms with van der Waals surface area (Å²) in [6, 6.07) is 7.90. The summed E-state index contributed by atoms with van der Waals surface area (Å²) in [5, 5.41) is 8.67. The maximum Gasteiger partial charge on any atom is 0.254 e. The normalized spacial score (nSPS) is 10.0. The fourth-order valence-corrected chi connectivity index (χ4v) is 1.84. The highest BCUT2D eigenvalue weighted by Crippen LogP contribution is 2.13. The summed E-state index contributed by atoms with van der Waals surface area (Å²) in [6.07, 6.45) is 0.334. The number of amides is 1. The van der Waals surface area contributed by atoms with Crippen LogP contribution in [-0.2, 0) is 4.74 Å². The van der Waals surface area contributed by atoms with Crippen molar-refractivity contribution in [3.05, 3.63) is 34.9 Å². The van der Waals surface area contributed by atoms with Gasteiger partial charge in [-0.3, -0.25) is 4.79 Å². The molecule has 1 rings (SSSR count). The molecule has 0 unspecified atom stereocenters. The van der Waals surface area contributed by atoms with Crippen LogP contribution in [0, 0.1) is 25.2 Å². The van der Waals surface area contributed by atoms with Crippen molar-refractivity contribution < 1.29 is 9.53 Å². The molecule has 0 heterocycles. The number of aryl methyl sites for hydroxylation is 2. The number of benzene rings is 1. The molecule has 0 aliphatic carbocycles. The van der Waals surface area contributed by atoms with Crippen LogP contribution in [0.25, 0.3) is 0 Å². The van der Waals surface area contributed by atoms with Crippen molar-refractivity contribution in [1.29, 1.82) is 5.26 Å². The Labute approximate surface area is 114 Å². The maximum atomic E-state index is 12.5. The van der Waals surface area contributed by atoms with Gasteiger partial charge in [-0.05, 0) is 25.5 Å². The lowest BCUT2D eigenvalue weighted by Gasteiger charge is -2.22. The summed E-state index contributed by atoms with van der Waals surface area (Å²) < 4.78 is 5.02. The Balaban J connectivity index is 2.91. The Hall–Kier alpha value is -1.86. The second-order valence-corrected chi connectivity index (χ2v) is 4.51. The lowest BCUT2D eigenvalue weighted by atomic mass is 10.0. The fraction of sp³-hybridized carbons (Fsp3) is 0.467. The number of carbonyl (C=O) groups is 1. The molecule has 0 radical (unpaired) electrons. The second kappa shape index (κ2) is 7.55. The van der Waals surface area contributed by atoms with Gasteiger partial charge in [0.1, 0.15) is 0 Å². The van der Waals surface area contributed by atoms with Crippen molar-refractivity contribution in [2.24, 2.45) is 0 Å². The minimum atomic E-state index is -0.0338. The zero-order valence-electron chi connectivity index (χ0n) is 11.8. The average Bonchev–Trinajstić information content (AvgIpc) is 2.41. The van der Waals surface area contributed by atoms with E-state index in [9.17, 15) is 4.79 Å². The van der Waals surface area contributed by atoms with E-state index in [0.29, 0.717) is 31.7 Å². The van der Waals surface area contributed by atoms with Crippen molar-refractivity contribution in [3.8, 4) is 6.07 Å². The van der Waals surface area contributed by atoms with E-state index in [4.69, 9.17) is 10.00 Å². The van der Waals surface area contributed by atoms with Gasteiger partial charge < -0.3 is 9.64 Å². The van der Waals surface area contributed by atoms with Crippen LogP contribution < -0.4 is 0 Å². The predicted molar refractivity (Wildman–Crippen MR) is 73.9 cm³/mol. The van der Waals surface area contributed by atoms with Crippen molar-refractivity contribution in [2.45, 2.75) is 20.3 Å². The first-order valence-electron chi connectivity index (χ1n) is 6.32. The van der Waals surface area contributed by atoms with Crippen LogP contribution in [0.4, 0.5) is 0 Å². The number of carbonyl (C=O) groups excluding carboxylic acids is 1. The van der Waals surface area contributed by atoms with Crippen molar-refractivity contribution in [1.82, 2.24) is 4.90 Å². The molecule has 1 aromatic carbocycles. The largest absolute Gasteiger partial charge is 0.383 e. The van der Waals surface area contributed by atoms with Gasteiger partial charge in [0.05, 0.1) is 19.1 Å². The molecule has 102 valence electrons. The highest BCUT2D eigenvalue weighted by Gasteiger charge is 2.17. The monoisotopic (exact) mass is 260 g/mol. The Bertz CT molecular complexity index is 478. The van der Waals surface area contributed by atoms with Gasteiger partial charge in [-0.15, -0.1) is 0 Å². The Morgan fingerprint density at radius 3 is 2.74 bits per heavy atom. The molecule has 0 N–H and O–H groups in total. The van der Waals surface area contributed by atoms with E-state index in [0.717, 1.165) is 11.1 Å². The Morgan fingerprint density at radius 1 is 1.37 bits per heavy atom. The van der Waals surface area contributed by atoms with Gasteiger partial charge in [-0.1, -0.05) is 17.7 Å². The summed E-state index contributed by atoms with van der Waals surface area (Å²) in [5.74, 6) is -0.0338. The molecule has 0 saturated carbocycles. The van der Waals surface area contributed by atoms with E-state index in [2.05, 4.69) is 6.07 Å². The molecule has 0 aromatic heterocycles. The zero-order chi connectivity index (χ0) is 14.3. The fourth-order valence-electron chi connectivity index (χ4n) is 1.84. The zero-order valence-corrected chi connectivity index (χ0v) is 11.8. The third-order valence-electron chi connectivity index (χ3n) is 2.97. The first kappa shape index (κ1) is 15.2.